The van der Waals surface area contributed by atoms with Gasteiger partial charge in [0.25, 0.3) is 0 Å². The Morgan fingerprint density at radius 2 is 1.91 bits per heavy atom. The fraction of sp³-hybridized carbons (Fsp3) is 0.118. The number of halogens is 2. The van der Waals surface area contributed by atoms with Crippen LogP contribution in [0.5, 0.6) is 0 Å². The van der Waals surface area contributed by atoms with Crippen LogP contribution in [0.15, 0.2) is 114 Å². The Kier molecular flexibility index (Phi) is 9.53. The van der Waals surface area contributed by atoms with Gasteiger partial charge in [0.2, 0.25) is 0 Å². The predicted molar refractivity (Wildman–Crippen MR) is 186 cm³/mol. The monoisotopic (exact) mass is 732 g/mol. The van der Waals surface area contributed by atoms with Crippen LogP contribution in [0.3, 0.4) is 0 Å². The number of aromatic nitrogens is 3. The number of benzene rings is 3. The summed E-state index contributed by atoms with van der Waals surface area (Å²) < 4.78 is 12.3. The Bertz CT molecular complexity index is 1870. The van der Waals surface area contributed by atoms with Gasteiger partial charge in [0.05, 0.1) is 25.2 Å². The van der Waals surface area contributed by atoms with E-state index in [1.165, 1.54) is 19.1 Å². The molecule has 3 heterocycles. The topological polar surface area (TPSA) is 119 Å². The molecule has 11 heteroatoms. The van der Waals surface area contributed by atoms with Gasteiger partial charge in [-0.1, -0.05) is 66.2 Å². The van der Waals surface area contributed by atoms with Crippen molar-refractivity contribution in [3.63, 3.8) is 0 Å². The molecule has 0 radical (unpaired) electrons. The fourth-order valence-electron chi connectivity index (χ4n) is 5.05. The van der Waals surface area contributed by atoms with E-state index in [1.807, 2.05) is 48.5 Å². The zero-order valence-corrected chi connectivity index (χ0v) is 27.0. The third-order valence-electron chi connectivity index (χ3n) is 7.28. The molecule has 6 rings (SSSR count). The number of aromatic amines is 1. The van der Waals surface area contributed by atoms with Gasteiger partial charge in [0.1, 0.15) is 5.82 Å². The lowest BCUT2D eigenvalue weighted by atomic mass is 9.94. The van der Waals surface area contributed by atoms with E-state index in [4.69, 9.17) is 21.0 Å². The van der Waals surface area contributed by atoms with Crippen LogP contribution in [-0.4, -0.2) is 34.9 Å². The second kappa shape index (κ2) is 14.1. The standard InChI is InChI=1S/C34H28ClIN5O4/c1-44-34(42)39-26-12-8-23(9-13-26)31-18-38-33(40-31)28(14-7-22-5-3-2-4-6-22)30-16-10-24(20-41(43)36-30)29-17-25(35)11-15-27(29)32-19-37-21-45-32/h2-6,8-13,15-21,28H,7,14H2,1H3,(H,38,40)(H,39,42)/q-1/t28-/m1/s1. The van der Waals surface area contributed by atoms with Crippen molar-refractivity contribution >= 4 is 53.5 Å². The number of carbonyl (C=O) groups is 1. The molecule has 9 nitrogen and oxygen atoms in total. The van der Waals surface area contributed by atoms with Gasteiger partial charge >= 0.3 is 6.09 Å². The van der Waals surface area contributed by atoms with Gasteiger partial charge in [-0.05, 0) is 86.4 Å². The van der Waals surface area contributed by atoms with Gasteiger partial charge < -0.3 is 22.6 Å². The second-order valence-corrected chi connectivity index (χ2v) is 13.3. The van der Waals surface area contributed by atoms with E-state index >= 15 is 0 Å². The van der Waals surface area contributed by atoms with Crippen LogP contribution in [0.4, 0.5) is 10.5 Å². The van der Waals surface area contributed by atoms with E-state index in [1.54, 1.807) is 36.8 Å². The summed E-state index contributed by atoms with van der Waals surface area (Å²) >= 11 is 5.32. The Morgan fingerprint density at radius 3 is 2.67 bits per heavy atom. The molecular formula is C34H28ClIN5O4-. The number of methoxy groups -OCH3 is 1. The third-order valence-corrected chi connectivity index (χ3v) is 9.94. The minimum atomic E-state index is -1.08. The quantitative estimate of drug-likeness (QED) is 0.115. The molecule has 1 aliphatic rings. The maximum Gasteiger partial charge on any atom is 0.411 e. The number of amides is 1. The van der Waals surface area contributed by atoms with Gasteiger partial charge in [0, 0.05) is 31.9 Å². The van der Waals surface area contributed by atoms with E-state index in [9.17, 15) is 10.0 Å². The molecule has 0 unspecified atom stereocenters. The zero-order chi connectivity index (χ0) is 31.2. The van der Waals surface area contributed by atoms with Crippen molar-refractivity contribution in [2.45, 2.75) is 18.8 Å². The molecule has 0 fully saturated rings. The molecule has 0 spiro atoms. The first-order chi connectivity index (χ1) is 22.0. The third kappa shape index (κ3) is 7.42. The number of hydrogen-bond acceptors (Lipinski definition) is 7. The van der Waals surface area contributed by atoms with Gasteiger partial charge in [-0.15, -0.1) is 0 Å². The van der Waals surface area contributed by atoms with Crippen molar-refractivity contribution < 1.29 is 13.9 Å². The van der Waals surface area contributed by atoms with Gasteiger partial charge in [-0.2, -0.15) is 0 Å². The van der Waals surface area contributed by atoms with E-state index in [2.05, 4.69) is 38.2 Å². The normalized spacial score (nSPS) is 13.7. The number of carbonyl (C=O) groups excluding carboxylic acids is 1. The average Bonchev–Trinajstić information content (AvgIpc) is 3.73. The lowest BCUT2D eigenvalue weighted by molar-refractivity contribution is 0.187. The second-order valence-electron chi connectivity index (χ2n) is 10.2. The molecule has 3 aromatic carbocycles. The van der Waals surface area contributed by atoms with Crippen LogP contribution in [0.2, 0.25) is 5.02 Å². The number of anilines is 1. The summed E-state index contributed by atoms with van der Waals surface area (Å²) in [5.74, 6) is 1.27. The molecule has 1 aliphatic heterocycles. The summed E-state index contributed by atoms with van der Waals surface area (Å²) in [7, 11) is 1.32. The molecule has 45 heavy (non-hydrogen) atoms. The largest absolute Gasteiger partial charge is 0.750 e. The molecule has 0 saturated carbocycles. The van der Waals surface area contributed by atoms with E-state index in [0.29, 0.717) is 16.5 Å². The van der Waals surface area contributed by atoms with Crippen molar-refractivity contribution in [2.75, 3.05) is 12.4 Å². The van der Waals surface area contributed by atoms with Gasteiger partial charge in [-0.25, -0.2) is 14.8 Å². The molecule has 2 aromatic heterocycles. The number of H-pyrrole nitrogens is 1. The first-order valence-corrected chi connectivity index (χ1v) is 16.5. The summed E-state index contributed by atoms with van der Waals surface area (Å²) in [5.41, 5.74) is 5.91. The number of imidazole rings is 1. The van der Waals surface area contributed by atoms with Crippen LogP contribution in [0.1, 0.15) is 29.3 Å². The number of nitrogens with zero attached hydrogens (tertiary/aromatic N) is 3. The Hall–Kier alpha value is -4.52. The number of aryl methyl sites for hydroxylation is 1. The maximum atomic E-state index is 13.4. The van der Waals surface area contributed by atoms with E-state index in [0.717, 1.165) is 53.4 Å². The highest BCUT2D eigenvalue weighted by atomic mass is 127. The smallest absolute Gasteiger partial charge is 0.411 e. The average molecular weight is 733 g/mol. The van der Waals surface area contributed by atoms with Crippen molar-refractivity contribution in [2.24, 2.45) is 0 Å². The molecule has 0 aliphatic carbocycles. The Morgan fingerprint density at radius 1 is 1.09 bits per heavy atom. The minimum absolute atomic E-state index is 0.111. The highest BCUT2D eigenvalue weighted by Gasteiger charge is 2.22. The number of ether oxygens (including phenoxy) is 1. The Balaban J connectivity index is 1.31. The summed E-state index contributed by atoms with van der Waals surface area (Å²) in [4.78, 5) is 23.9. The van der Waals surface area contributed by atoms with Crippen molar-refractivity contribution in [1.82, 2.24) is 18.2 Å². The molecule has 1 atom stereocenters. The van der Waals surface area contributed by atoms with Crippen molar-refractivity contribution in [1.29, 1.82) is 0 Å². The van der Waals surface area contributed by atoms with Crippen LogP contribution in [0, 0.1) is 5.21 Å². The number of rotatable bonds is 9. The minimum Gasteiger partial charge on any atom is -0.750 e. The number of nitrogens with one attached hydrogen (secondary N) is 2. The molecule has 0 bridgehead atoms. The molecule has 0 saturated heterocycles. The van der Waals surface area contributed by atoms with Crippen LogP contribution < -0.4 is 5.32 Å². The lowest BCUT2D eigenvalue weighted by Crippen LogP contribution is -2.13. The number of hydroxylamine groups is 1. The first-order valence-electron chi connectivity index (χ1n) is 14.1. The maximum absolute atomic E-state index is 13.4. The van der Waals surface area contributed by atoms with Crippen molar-refractivity contribution in [3.8, 4) is 22.6 Å². The SMILES string of the molecule is COC(=O)Nc1ccc(-c2cnc([C@H](CCc3ccccc3)C3=IN([O-])C=C(c4cc(Cl)ccc4-c4cnco4)C=C3)[nH]2)cc1. The molecule has 228 valence electrons. The Labute approximate surface area is 275 Å². The van der Waals surface area contributed by atoms with E-state index in [-0.39, 0.29) is 5.92 Å². The molecular weight excluding hydrogens is 705 g/mol. The highest BCUT2D eigenvalue weighted by molar-refractivity contribution is 14.2. The number of hydrogen-bond donors (Lipinski definition) is 2. The fourth-order valence-corrected chi connectivity index (χ4v) is 7.49. The van der Waals surface area contributed by atoms with Crippen LogP contribution in [-0.2, 0) is 11.2 Å². The summed E-state index contributed by atoms with van der Waals surface area (Å²) in [6.07, 6.45) is 11.6. The summed E-state index contributed by atoms with van der Waals surface area (Å²) in [6.45, 7) is 0. The van der Waals surface area contributed by atoms with Crippen LogP contribution >= 0.6 is 32.6 Å². The highest BCUT2D eigenvalue weighted by Crippen LogP contribution is 2.36. The van der Waals surface area contributed by atoms with Crippen LogP contribution in [0.25, 0.3) is 28.2 Å². The lowest BCUT2D eigenvalue weighted by Gasteiger charge is -2.23. The van der Waals surface area contributed by atoms with Gasteiger partial charge in [-0.3, -0.25) is 5.32 Å². The first kappa shape index (κ1) is 30.5. The van der Waals surface area contributed by atoms with Crippen molar-refractivity contribution in [3.05, 3.63) is 137 Å². The number of allylic oxidation sites excluding steroid dienone is 3. The summed E-state index contributed by atoms with van der Waals surface area (Å²) in [6, 6.07) is 23.2. The summed E-state index contributed by atoms with van der Waals surface area (Å²) in [5, 5.41) is 16.6. The molecule has 5 aromatic rings. The molecule has 1 amide bonds. The molecule has 2 N–H and O–H groups in total. The van der Waals surface area contributed by atoms with Gasteiger partial charge in [0.15, 0.2) is 12.2 Å². The van der Waals surface area contributed by atoms with E-state index < -0.39 is 27.1 Å². The predicted octanol–water partition coefficient (Wildman–Crippen LogP) is 8.75. The number of oxazole rings is 1. The zero-order valence-electron chi connectivity index (χ0n) is 24.1.